The molecule has 1 aliphatic heterocycles. The number of rotatable bonds is 5. The van der Waals surface area contributed by atoms with Crippen molar-refractivity contribution in [1.82, 2.24) is 14.8 Å². The van der Waals surface area contributed by atoms with Crippen LogP contribution in [0, 0.1) is 10.1 Å². The number of thiocarbonyl (C=S) groups is 1. The minimum absolute atomic E-state index is 0.0507. The number of hydrogen-bond acceptors (Lipinski definition) is 6. The molecule has 0 bridgehead atoms. The van der Waals surface area contributed by atoms with Crippen LogP contribution in [0.3, 0.4) is 0 Å². The molecule has 2 N–H and O–H groups in total. The highest BCUT2D eigenvalue weighted by Gasteiger charge is 2.22. The number of non-ortho nitro benzene ring substituents is 1. The van der Waals surface area contributed by atoms with Gasteiger partial charge in [0.1, 0.15) is 0 Å². The fraction of sp³-hybridized carbons (Fsp3) is 0.571. The van der Waals surface area contributed by atoms with Gasteiger partial charge in [-0.2, -0.15) is 0 Å². The molecule has 1 aromatic carbocycles. The average Bonchev–Trinajstić information content (AvgIpc) is 3.04. The minimum Gasteiger partial charge on any atom is -0.493 e. The van der Waals surface area contributed by atoms with Crippen molar-refractivity contribution in [2.75, 3.05) is 13.1 Å². The third-order valence-corrected chi connectivity index (χ3v) is 6.37. The Labute approximate surface area is 186 Å². The summed E-state index contributed by atoms with van der Waals surface area (Å²) in [6, 6.07) is 4.85. The monoisotopic (exact) mass is 444 g/mol. The zero-order valence-corrected chi connectivity index (χ0v) is 18.3. The van der Waals surface area contributed by atoms with E-state index in [1.807, 2.05) is 0 Å². The van der Waals surface area contributed by atoms with Crippen molar-refractivity contribution in [3.8, 4) is 5.88 Å². The van der Waals surface area contributed by atoms with Crippen LogP contribution in [0.15, 0.2) is 28.4 Å². The summed E-state index contributed by atoms with van der Waals surface area (Å²) in [5.74, 6) is -0.0507. The number of likely N-dealkylation sites (tertiary alicyclic amines) is 1. The van der Waals surface area contributed by atoms with Crippen molar-refractivity contribution in [2.45, 2.75) is 64.1 Å². The zero-order valence-electron chi connectivity index (χ0n) is 17.5. The van der Waals surface area contributed by atoms with Crippen LogP contribution in [0.25, 0.3) is 10.9 Å². The highest BCUT2D eigenvalue weighted by atomic mass is 32.1. The lowest BCUT2D eigenvalue weighted by molar-refractivity contribution is -0.384. The van der Waals surface area contributed by atoms with Crippen molar-refractivity contribution in [3.05, 3.63) is 28.3 Å². The van der Waals surface area contributed by atoms with Crippen LogP contribution < -0.4 is 5.32 Å². The first-order valence-corrected chi connectivity index (χ1v) is 11.4. The Balaban J connectivity index is 1.63. The predicted molar refractivity (Wildman–Crippen MR) is 123 cm³/mol. The number of nitrogens with zero attached hydrogens (tertiary/aromatic N) is 5. The third kappa shape index (κ3) is 5.01. The van der Waals surface area contributed by atoms with Gasteiger partial charge in [-0.05, 0) is 57.1 Å². The molecule has 0 atom stereocenters. The summed E-state index contributed by atoms with van der Waals surface area (Å²) in [7, 11) is 0. The van der Waals surface area contributed by atoms with Gasteiger partial charge >= 0.3 is 0 Å². The lowest BCUT2D eigenvalue weighted by Crippen LogP contribution is -2.33. The number of aromatic hydroxyl groups is 1. The topological polar surface area (TPSA) is 108 Å². The molecule has 1 aromatic heterocycles. The number of hydrogen-bond donors (Lipinski definition) is 2. The van der Waals surface area contributed by atoms with E-state index < -0.39 is 4.92 Å². The SMILES string of the molecule is O=[N+]([O-])c1ccc2c(c1)c(N=NC(=S)NC1CCCCC1)c(O)n2CN1CCCCC1. The first-order chi connectivity index (χ1) is 15.0. The highest BCUT2D eigenvalue weighted by Crippen LogP contribution is 2.40. The first kappa shape index (κ1) is 21.6. The number of nitro groups is 1. The van der Waals surface area contributed by atoms with Gasteiger partial charge in [0, 0.05) is 23.6 Å². The van der Waals surface area contributed by atoms with E-state index in [-0.39, 0.29) is 22.4 Å². The Hall–Kier alpha value is -2.59. The summed E-state index contributed by atoms with van der Waals surface area (Å²) in [4.78, 5) is 13.1. The Morgan fingerprint density at radius 3 is 2.61 bits per heavy atom. The van der Waals surface area contributed by atoms with Crippen LogP contribution in [0.2, 0.25) is 0 Å². The van der Waals surface area contributed by atoms with Gasteiger partial charge in [0.05, 0.1) is 17.1 Å². The largest absolute Gasteiger partial charge is 0.493 e. The summed E-state index contributed by atoms with van der Waals surface area (Å²) in [5, 5.41) is 34.6. The lowest BCUT2D eigenvalue weighted by atomic mass is 9.96. The fourth-order valence-corrected chi connectivity index (χ4v) is 4.72. The maximum absolute atomic E-state index is 11.3. The lowest BCUT2D eigenvalue weighted by Gasteiger charge is -2.27. The number of fused-ring (bicyclic) bond motifs is 1. The third-order valence-electron chi connectivity index (χ3n) is 6.17. The van der Waals surface area contributed by atoms with E-state index in [1.165, 1.54) is 37.8 Å². The number of benzene rings is 1. The van der Waals surface area contributed by atoms with Gasteiger partial charge < -0.3 is 10.4 Å². The molecule has 166 valence electrons. The van der Waals surface area contributed by atoms with Crippen molar-refractivity contribution in [1.29, 1.82) is 0 Å². The average molecular weight is 445 g/mol. The van der Waals surface area contributed by atoms with Crippen LogP contribution in [0.1, 0.15) is 51.4 Å². The van der Waals surface area contributed by atoms with Gasteiger partial charge in [0.2, 0.25) is 11.0 Å². The molecule has 2 aliphatic rings. The van der Waals surface area contributed by atoms with E-state index in [0.717, 1.165) is 38.8 Å². The molecule has 0 radical (unpaired) electrons. The zero-order chi connectivity index (χ0) is 21.8. The second-order valence-electron chi connectivity index (χ2n) is 8.36. The molecule has 0 amide bonds. The summed E-state index contributed by atoms with van der Waals surface area (Å²) in [5.41, 5.74) is 0.847. The highest BCUT2D eigenvalue weighted by molar-refractivity contribution is 7.80. The number of aromatic nitrogens is 1. The maximum Gasteiger partial charge on any atom is 0.270 e. The molecule has 9 nitrogen and oxygen atoms in total. The standard InChI is InChI=1S/C21H28N6O3S/c28-20-19(23-24-21(31)22-15-7-3-1-4-8-15)17-13-16(27(29)30)9-10-18(17)26(20)14-25-11-5-2-6-12-25/h9-10,13,15,28H,1-8,11-12,14H2,(H,22,31). The molecule has 2 aromatic rings. The van der Waals surface area contributed by atoms with Crippen molar-refractivity contribution >= 4 is 39.6 Å². The smallest absolute Gasteiger partial charge is 0.270 e. The molecule has 0 spiro atoms. The van der Waals surface area contributed by atoms with Gasteiger partial charge in [-0.1, -0.05) is 25.7 Å². The molecule has 2 heterocycles. The van der Waals surface area contributed by atoms with E-state index in [1.54, 1.807) is 10.6 Å². The van der Waals surface area contributed by atoms with Crippen LogP contribution >= 0.6 is 12.2 Å². The second-order valence-corrected chi connectivity index (χ2v) is 8.75. The quantitative estimate of drug-likeness (QED) is 0.291. The van der Waals surface area contributed by atoms with E-state index >= 15 is 0 Å². The van der Waals surface area contributed by atoms with Gasteiger partial charge in [-0.15, -0.1) is 10.2 Å². The summed E-state index contributed by atoms with van der Waals surface area (Å²) < 4.78 is 1.75. The number of piperidine rings is 1. The Bertz CT molecular complexity index is 993. The predicted octanol–water partition coefficient (Wildman–Crippen LogP) is 4.99. The first-order valence-electron chi connectivity index (χ1n) is 11.0. The molecule has 4 rings (SSSR count). The Morgan fingerprint density at radius 2 is 1.90 bits per heavy atom. The molecule has 1 aliphatic carbocycles. The fourth-order valence-electron chi connectivity index (χ4n) is 4.51. The molecule has 31 heavy (non-hydrogen) atoms. The van der Waals surface area contributed by atoms with E-state index in [9.17, 15) is 15.2 Å². The number of nitro benzene ring substituents is 1. The Morgan fingerprint density at radius 1 is 1.19 bits per heavy atom. The maximum atomic E-state index is 11.3. The summed E-state index contributed by atoms with van der Waals surface area (Å²) in [6.45, 7) is 2.41. The van der Waals surface area contributed by atoms with Gasteiger partial charge in [-0.3, -0.25) is 19.6 Å². The summed E-state index contributed by atoms with van der Waals surface area (Å²) in [6.07, 6.45) is 9.17. The number of azo groups is 1. The van der Waals surface area contributed by atoms with Crippen molar-refractivity contribution < 1.29 is 10.0 Å². The second kappa shape index (κ2) is 9.69. The molecule has 10 heteroatoms. The number of nitrogens with one attached hydrogen (secondary N) is 1. The minimum atomic E-state index is -0.450. The van der Waals surface area contributed by atoms with Crippen LogP contribution in [-0.2, 0) is 6.67 Å². The van der Waals surface area contributed by atoms with Crippen molar-refractivity contribution in [3.63, 3.8) is 0 Å². The molecule has 1 saturated heterocycles. The van der Waals surface area contributed by atoms with Crippen LogP contribution in [-0.4, -0.2) is 43.7 Å². The van der Waals surface area contributed by atoms with Gasteiger partial charge in [0.25, 0.3) is 5.69 Å². The van der Waals surface area contributed by atoms with Crippen LogP contribution in [0.4, 0.5) is 11.4 Å². The van der Waals surface area contributed by atoms with Crippen molar-refractivity contribution in [2.24, 2.45) is 10.2 Å². The summed E-state index contributed by atoms with van der Waals surface area (Å²) >= 11 is 5.33. The molecule has 0 unspecified atom stereocenters. The normalized spacial score (nSPS) is 18.6. The van der Waals surface area contributed by atoms with Crippen LogP contribution in [0.5, 0.6) is 5.88 Å². The van der Waals surface area contributed by atoms with E-state index in [2.05, 4.69) is 20.4 Å². The van der Waals surface area contributed by atoms with E-state index in [4.69, 9.17) is 12.2 Å². The molecule has 2 fully saturated rings. The van der Waals surface area contributed by atoms with Gasteiger partial charge in [0.15, 0.2) is 5.69 Å². The Kier molecular flexibility index (Phi) is 6.77. The van der Waals surface area contributed by atoms with E-state index in [0.29, 0.717) is 23.6 Å². The molecular weight excluding hydrogens is 416 g/mol. The van der Waals surface area contributed by atoms with Gasteiger partial charge in [-0.25, -0.2) is 0 Å². The molecular formula is C21H28N6O3S. The molecule has 1 saturated carbocycles.